The summed E-state index contributed by atoms with van der Waals surface area (Å²) in [6.45, 7) is 3.01. The van der Waals surface area contributed by atoms with Crippen molar-refractivity contribution in [1.82, 2.24) is 9.80 Å². The molecule has 1 saturated carbocycles. The molecular weight excluding hydrogens is 240 g/mol. The molecule has 0 aromatic carbocycles. The Morgan fingerprint density at radius 3 is 2.63 bits per heavy atom. The molecule has 1 aliphatic carbocycles. The van der Waals surface area contributed by atoms with Crippen LogP contribution in [0.1, 0.15) is 44.9 Å². The maximum atomic E-state index is 12.5. The van der Waals surface area contributed by atoms with Crippen LogP contribution in [-0.2, 0) is 4.79 Å². The lowest BCUT2D eigenvalue weighted by atomic mass is 9.78. The van der Waals surface area contributed by atoms with E-state index in [0.717, 1.165) is 25.4 Å². The average molecular weight is 266 g/mol. The van der Waals surface area contributed by atoms with Gasteiger partial charge in [0, 0.05) is 25.7 Å². The Labute approximate surface area is 115 Å². The van der Waals surface area contributed by atoms with E-state index in [4.69, 9.17) is 0 Å². The maximum absolute atomic E-state index is 12.5. The second-order valence-electron chi connectivity index (χ2n) is 6.52. The van der Waals surface area contributed by atoms with Gasteiger partial charge in [0.15, 0.2) is 0 Å². The molecular formula is C15H26N2O2. The normalized spacial score (nSPS) is 36.3. The van der Waals surface area contributed by atoms with Gasteiger partial charge in [-0.05, 0) is 38.0 Å². The van der Waals surface area contributed by atoms with Crippen LogP contribution >= 0.6 is 0 Å². The first kappa shape index (κ1) is 13.4. The summed E-state index contributed by atoms with van der Waals surface area (Å²) in [6.07, 6.45) is 8.24. The number of fused-ring (bicyclic) bond motifs is 1. The molecule has 0 spiro atoms. The number of likely N-dealkylation sites (tertiary alicyclic amines) is 2. The highest BCUT2D eigenvalue weighted by atomic mass is 16.3. The minimum atomic E-state index is -0.225. The van der Waals surface area contributed by atoms with Gasteiger partial charge >= 0.3 is 0 Å². The van der Waals surface area contributed by atoms with Gasteiger partial charge < -0.3 is 10.0 Å². The lowest BCUT2D eigenvalue weighted by Gasteiger charge is -2.44. The topological polar surface area (TPSA) is 43.8 Å². The number of carbonyl (C=O) groups is 1. The number of hydrogen-bond acceptors (Lipinski definition) is 3. The van der Waals surface area contributed by atoms with Crippen LogP contribution in [0.5, 0.6) is 0 Å². The van der Waals surface area contributed by atoms with E-state index >= 15 is 0 Å². The van der Waals surface area contributed by atoms with Crippen LogP contribution < -0.4 is 0 Å². The molecule has 1 amide bonds. The first-order valence-corrected chi connectivity index (χ1v) is 7.94. The van der Waals surface area contributed by atoms with Crippen LogP contribution in [0.4, 0.5) is 0 Å². The molecule has 0 aromatic heterocycles. The van der Waals surface area contributed by atoms with Gasteiger partial charge in [-0.25, -0.2) is 0 Å². The monoisotopic (exact) mass is 266 g/mol. The van der Waals surface area contributed by atoms with Crippen LogP contribution in [0, 0.1) is 5.92 Å². The second-order valence-corrected chi connectivity index (χ2v) is 6.52. The number of aliphatic hydroxyl groups is 1. The molecule has 108 valence electrons. The molecule has 2 heterocycles. The molecule has 3 rings (SSSR count). The zero-order chi connectivity index (χ0) is 13.2. The van der Waals surface area contributed by atoms with Gasteiger partial charge in [-0.2, -0.15) is 0 Å². The maximum Gasteiger partial charge on any atom is 0.237 e. The third-order valence-electron chi connectivity index (χ3n) is 5.17. The van der Waals surface area contributed by atoms with Crippen molar-refractivity contribution >= 4 is 5.91 Å². The molecule has 0 bridgehead atoms. The number of β-amino-alcohol motifs (C(OH)–C–C–N with tert-alkyl or cyclic N) is 1. The van der Waals surface area contributed by atoms with Crippen LogP contribution in [0.25, 0.3) is 0 Å². The molecule has 2 aliphatic heterocycles. The van der Waals surface area contributed by atoms with Crippen molar-refractivity contribution < 1.29 is 9.90 Å². The first-order chi connectivity index (χ1) is 9.24. The van der Waals surface area contributed by atoms with Crippen molar-refractivity contribution in [3.63, 3.8) is 0 Å². The van der Waals surface area contributed by atoms with Gasteiger partial charge in [0.05, 0.1) is 12.6 Å². The zero-order valence-corrected chi connectivity index (χ0v) is 11.8. The third-order valence-corrected chi connectivity index (χ3v) is 5.17. The molecule has 4 nitrogen and oxygen atoms in total. The molecule has 2 saturated heterocycles. The number of aliphatic hydroxyl groups excluding tert-OH is 1. The second kappa shape index (κ2) is 5.80. The number of rotatable bonds is 2. The molecule has 3 aliphatic rings. The first-order valence-electron chi connectivity index (χ1n) is 7.94. The zero-order valence-electron chi connectivity index (χ0n) is 11.8. The molecule has 4 heteroatoms. The fourth-order valence-electron chi connectivity index (χ4n) is 4.17. The number of piperidine rings is 1. The number of carbonyl (C=O) groups excluding carboxylic acids is 1. The van der Waals surface area contributed by atoms with Crippen LogP contribution in [-0.4, -0.2) is 59.1 Å². The van der Waals surface area contributed by atoms with Gasteiger partial charge in [0.1, 0.15) is 0 Å². The number of nitrogens with zero attached hydrogens (tertiary/aromatic N) is 2. The third kappa shape index (κ3) is 2.95. The molecule has 2 unspecified atom stereocenters. The lowest BCUT2D eigenvalue weighted by Crippen LogP contribution is -2.52. The van der Waals surface area contributed by atoms with Crippen molar-refractivity contribution in [2.45, 2.75) is 57.1 Å². The van der Waals surface area contributed by atoms with Gasteiger partial charge in [-0.1, -0.05) is 12.8 Å². The van der Waals surface area contributed by atoms with Crippen molar-refractivity contribution in [2.75, 3.05) is 26.2 Å². The smallest absolute Gasteiger partial charge is 0.237 e. The highest BCUT2D eigenvalue weighted by Crippen LogP contribution is 2.35. The molecule has 3 atom stereocenters. The molecule has 1 N–H and O–H groups in total. The molecule has 19 heavy (non-hydrogen) atoms. The predicted octanol–water partition coefficient (Wildman–Crippen LogP) is 1.23. The number of amides is 1. The summed E-state index contributed by atoms with van der Waals surface area (Å²) in [5.41, 5.74) is 0. The van der Waals surface area contributed by atoms with Gasteiger partial charge in [0.2, 0.25) is 5.91 Å². The summed E-state index contributed by atoms with van der Waals surface area (Å²) in [4.78, 5) is 16.8. The summed E-state index contributed by atoms with van der Waals surface area (Å²) in [5, 5.41) is 9.54. The van der Waals surface area contributed by atoms with E-state index in [2.05, 4.69) is 9.80 Å². The minimum Gasteiger partial charge on any atom is -0.392 e. The highest BCUT2D eigenvalue weighted by Gasteiger charge is 2.36. The van der Waals surface area contributed by atoms with Crippen LogP contribution in [0.3, 0.4) is 0 Å². The van der Waals surface area contributed by atoms with E-state index in [-0.39, 0.29) is 6.10 Å². The SMILES string of the molecule is O=C(CN1CC[C@H](O)C1)N1CCCC2CCCCC21. The van der Waals surface area contributed by atoms with E-state index in [1.807, 2.05) is 0 Å². The summed E-state index contributed by atoms with van der Waals surface area (Å²) in [6, 6.07) is 0.516. The van der Waals surface area contributed by atoms with E-state index in [1.54, 1.807) is 0 Å². The summed E-state index contributed by atoms with van der Waals surface area (Å²) in [5.74, 6) is 1.06. The van der Waals surface area contributed by atoms with Crippen molar-refractivity contribution in [3.8, 4) is 0 Å². The van der Waals surface area contributed by atoms with E-state index in [9.17, 15) is 9.90 Å². The fraction of sp³-hybridized carbons (Fsp3) is 0.933. The Hall–Kier alpha value is -0.610. The molecule has 3 fully saturated rings. The summed E-state index contributed by atoms with van der Waals surface area (Å²) < 4.78 is 0. The summed E-state index contributed by atoms with van der Waals surface area (Å²) >= 11 is 0. The summed E-state index contributed by atoms with van der Waals surface area (Å²) in [7, 11) is 0. The fourth-order valence-corrected chi connectivity index (χ4v) is 4.17. The van der Waals surface area contributed by atoms with E-state index in [1.165, 1.54) is 38.5 Å². The predicted molar refractivity (Wildman–Crippen MR) is 73.8 cm³/mol. The Balaban J connectivity index is 1.58. The lowest BCUT2D eigenvalue weighted by molar-refractivity contribution is -0.138. The Bertz CT molecular complexity index is 332. The average Bonchev–Trinajstić information content (AvgIpc) is 2.83. The van der Waals surface area contributed by atoms with Crippen LogP contribution in [0.2, 0.25) is 0 Å². The van der Waals surface area contributed by atoms with Gasteiger partial charge in [0.25, 0.3) is 0 Å². The minimum absolute atomic E-state index is 0.225. The Morgan fingerprint density at radius 1 is 1.05 bits per heavy atom. The molecule has 0 radical (unpaired) electrons. The van der Waals surface area contributed by atoms with Crippen molar-refractivity contribution in [2.24, 2.45) is 5.92 Å². The van der Waals surface area contributed by atoms with E-state index in [0.29, 0.717) is 25.0 Å². The van der Waals surface area contributed by atoms with Crippen molar-refractivity contribution in [1.29, 1.82) is 0 Å². The quantitative estimate of drug-likeness (QED) is 0.817. The van der Waals surface area contributed by atoms with Gasteiger partial charge in [-0.15, -0.1) is 0 Å². The largest absolute Gasteiger partial charge is 0.392 e. The van der Waals surface area contributed by atoms with E-state index < -0.39 is 0 Å². The van der Waals surface area contributed by atoms with Crippen LogP contribution in [0.15, 0.2) is 0 Å². The number of hydrogen-bond donors (Lipinski definition) is 1. The standard InChI is InChI=1S/C15H26N2O2/c18-13-7-9-16(10-13)11-15(19)17-8-3-5-12-4-1-2-6-14(12)17/h12-14,18H,1-11H2/t12?,13-,14?/m0/s1. The molecule has 0 aromatic rings. The van der Waals surface area contributed by atoms with Crippen molar-refractivity contribution in [3.05, 3.63) is 0 Å². The van der Waals surface area contributed by atoms with Gasteiger partial charge in [-0.3, -0.25) is 9.69 Å². The Morgan fingerprint density at radius 2 is 1.84 bits per heavy atom. The highest BCUT2D eigenvalue weighted by molar-refractivity contribution is 5.78. The Kier molecular flexibility index (Phi) is 4.08.